The predicted octanol–water partition coefficient (Wildman–Crippen LogP) is 6.14. The van der Waals surface area contributed by atoms with Crippen LogP contribution < -0.4 is 5.32 Å². The van der Waals surface area contributed by atoms with Crippen molar-refractivity contribution in [1.29, 1.82) is 0 Å². The second kappa shape index (κ2) is 9.39. The monoisotopic (exact) mass is 520 g/mol. The van der Waals surface area contributed by atoms with E-state index in [0.29, 0.717) is 40.5 Å². The van der Waals surface area contributed by atoms with E-state index < -0.39 is 0 Å². The molecule has 0 aliphatic heterocycles. The number of nitrogens with zero attached hydrogens (tertiary/aromatic N) is 5. The quantitative estimate of drug-likeness (QED) is 0.251. The molecule has 0 saturated carbocycles. The molecular formula is C29H25FN8O. The first-order valence-corrected chi connectivity index (χ1v) is 12.4. The fourth-order valence-electron chi connectivity index (χ4n) is 4.46. The van der Waals surface area contributed by atoms with Crippen molar-refractivity contribution in [2.75, 3.05) is 5.32 Å². The number of nitrogens with one attached hydrogen (secondary N) is 3. The van der Waals surface area contributed by atoms with Gasteiger partial charge >= 0.3 is 0 Å². The van der Waals surface area contributed by atoms with Gasteiger partial charge in [0.15, 0.2) is 11.5 Å². The summed E-state index contributed by atoms with van der Waals surface area (Å²) in [6, 6.07) is 11.8. The number of hydrogen-bond donors (Lipinski definition) is 3. The molecule has 6 aromatic rings. The van der Waals surface area contributed by atoms with Crippen molar-refractivity contribution >= 4 is 33.7 Å². The first-order valence-electron chi connectivity index (χ1n) is 12.4. The maximum Gasteiger partial charge on any atom is 0.224 e. The molecule has 9 nitrogen and oxygen atoms in total. The standard InChI is InChI=1S/C29H25FN8O/c1-29(2,3)12-23(39)34-20-10-17(13-31-15-20)18-11-21-25(37-38-27(21)33-14-18)28-35-22-8-9-32-24(26(22)36-28)16-4-6-19(30)7-5-16/h4-11,13-15H,12H2,1-3H3,(H,34,39)(H,35,36)(H,33,37,38). The Bertz CT molecular complexity index is 1830. The summed E-state index contributed by atoms with van der Waals surface area (Å²) in [5.41, 5.74) is 6.16. The highest BCUT2D eigenvalue weighted by Gasteiger charge is 2.18. The van der Waals surface area contributed by atoms with Gasteiger partial charge in [0.1, 0.15) is 17.0 Å². The van der Waals surface area contributed by atoms with E-state index in [1.807, 2.05) is 39.0 Å². The fraction of sp³-hybridized carbons (Fsp3) is 0.172. The van der Waals surface area contributed by atoms with Crippen LogP contribution in [0, 0.1) is 11.2 Å². The number of imidazole rings is 1. The van der Waals surface area contributed by atoms with Gasteiger partial charge in [-0.15, -0.1) is 0 Å². The molecule has 3 N–H and O–H groups in total. The Hall–Kier alpha value is -4.99. The topological polar surface area (TPSA) is 125 Å². The molecule has 5 heterocycles. The Morgan fingerprint density at radius 3 is 2.54 bits per heavy atom. The predicted molar refractivity (Wildman–Crippen MR) is 148 cm³/mol. The lowest BCUT2D eigenvalue weighted by atomic mass is 9.92. The van der Waals surface area contributed by atoms with Crippen LogP contribution in [0.15, 0.2) is 67.3 Å². The minimum absolute atomic E-state index is 0.0634. The smallest absolute Gasteiger partial charge is 0.224 e. The SMILES string of the molecule is CC(C)(C)CC(=O)Nc1cncc(-c2cnc3[nH]nc(-c4nc5c(-c6ccc(F)cc6)nccc5[nH]4)c3c2)c1. The van der Waals surface area contributed by atoms with E-state index in [4.69, 9.17) is 4.98 Å². The van der Waals surface area contributed by atoms with Gasteiger partial charge < -0.3 is 10.3 Å². The molecular weight excluding hydrogens is 495 g/mol. The van der Waals surface area contributed by atoms with Gasteiger partial charge in [0, 0.05) is 41.7 Å². The molecule has 0 radical (unpaired) electrons. The average molecular weight is 521 g/mol. The number of carbonyl (C=O) groups is 1. The van der Waals surface area contributed by atoms with E-state index in [1.54, 1.807) is 36.9 Å². The summed E-state index contributed by atoms with van der Waals surface area (Å²) in [4.78, 5) is 33.9. The van der Waals surface area contributed by atoms with Crippen LogP contribution in [-0.4, -0.2) is 41.0 Å². The highest BCUT2D eigenvalue weighted by Crippen LogP contribution is 2.32. The molecule has 0 aliphatic carbocycles. The molecule has 194 valence electrons. The summed E-state index contributed by atoms with van der Waals surface area (Å²) < 4.78 is 13.5. The number of H-pyrrole nitrogens is 2. The Balaban J connectivity index is 1.36. The number of pyridine rings is 3. The molecule has 0 spiro atoms. The number of halogens is 1. The third-order valence-corrected chi connectivity index (χ3v) is 6.21. The number of rotatable bonds is 5. The van der Waals surface area contributed by atoms with Crippen LogP contribution in [0.5, 0.6) is 0 Å². The van der Waals surface area contributed by atoms with Gasteiger partial charge in [-0.2, -0.15) is 5.10 Å². The number of fused-ring (bicyclic) bond motifs is 2. The molecule has 6 rings (SSSR count). The lowest BCUT2D eigenvalue weighted by Gasteiger charge is -2.17. The van der Waals surface area contributed by atoms with Crippen LogP contribution in [0.25, 0.3) is 56.0 Å². The zero-order valence-electron chi connectivity index (χ0n) is 21.6. The van der Waals surface area contributed by atoms with Crippen molar-refractivity contribution < 1.29 is 9.18 Å². The Morgan fingerprint density at radius 2 is 1.74 bits per heavy atom. The van der Waals surface area contributed by atoms with Crippen molar-refractivity contribution in [2.45, 2.75) is 27.2 Å². The number of aromatic amines is 2. The van der Waals surface area contributed by atoms with E-state index >= 15 is 0 Å². The number of amides is 1. The van der Waals surface area contributed by atoms with Gasteiger partial charge in [0.05, 0.1) is 28.5 Å². The molecule has 5 aromatic heterocycles. The summed E-state index contributed by atoms with van der Waals surface area (Å²) in [5.74, 6) is 0.173. The van der Waals surface area contributed by atoms with Crippen LogP contribution >= 0.6 is 0 Å². The zero-order valence-corrected chi connectivity index (χ0v) is 21.6. The molecule has 0 atom stereocenters. The number of benzene rings is 1. The van der Waals surface area contributed by atoms with E-state index in [2.05, 4.69) is 35.5 Å². The lowest BCUT2D eigenvalue weighted by molar-refractivity contribution is -0.117. The molecule has 39 heavy (non-hydrogen) atoms. The van der Waals surface area contributed by atoms with Gasteiger partial charge in [-0.3, -0.25) is 19.9 Å². The van der Waals surface area contributed by atoms with E-state index in [-0.39, 0.29) is 17.1 Å². The molecule has 10 heteroatoms. The van der Waals surface area contributed by atoms with Crippen LogP contribution in [0.2, 0.25) is 0 Å². The first-order chi connectivity index (χ1) is 18.7. The van der Waals surface area contributed by atoms with Crippen LogP contribution in [0.4, 0.5) is 10.1 Å². The number of hydrogen-bond acceptors (Lipinski definition) is 6. The summed E-state index contributed by atoms with van der Waals surface area (Å²) in [5, 5.41) is 11.1. The average Bonchev–Trinajstić information content (AvgIpc) is 3.52. The van der Waals surface area contributed by atoms with Crippen molar-refractivity contribution in [3.8, 4) is 33.9 Å². The van der Waals surface area contributed by atoms with Crippen LogP contribution in [0.1, 0.15) is 27.2 Å². The minimum Gasteiger partial charge on any atom is -0.336 e. The van der Waals surface area contributed by atoms with Crippen molar-refractivity contribution in [3.05, 3.63) is 73.1 Å². The highest BCUT2D eigenvalue weighted by atomic mass is 19.1. The largest absolute Gasteiger partial charge is 0.336 e. The lowest BCUT2D eigenvalue weighted by Crippen LogP contribution is -2.19. The van der Waals surface area contributed by atoms with Crippen molar-refractivity contribution in [1.82, 2.24) is 35.1 Å². The molecule has 0 aliphatic rings. The Morgan fingerprint density at radius 1 is 0.949 bits per heavy atom. The summed E-state index contributed by atoms with van der Waals surface area (Å²) >= 11 is 0. The maximum absolute atomic E-state index is 13.5. The maximum atomic E-state index is 13.5. The second-order valence-electron chi connectivity index (χ2n) is 10.6. The van der Waals surface area contributed by atoms with Gasteiger partial charge in [0.2, 0.25) is 5.91 Å². The highest BCUT2D eigenvalue weighted by molar-refractivity contribution is 5.96. The molecule has 0 unspecified atom stereocenters. The van der Waals surface area contributed by atoms with E-state index in [1.165, 1.54) is 12.1 Å². The van der Waals surface area contributed by atoms with Gasteiger partial charge in [0.25, 0.3) is 0 Å². The molecule has 0 saturated heterocycles. The Kier molecular flexibility index (Phi) is 5.86. The number of carbonyl (C=O) groups excluding carboxylic acids is 1. The van der Waals surface area contributed by atoms with Crippen LogP contribution in [-0.2, 0) is 4.79 Å². The molecule has 1 aromatic carbocycles. The number of aromatic nitrogens is 7. The van der Waals surface area contributed by atoms with Crippen LogP contribution in [0.3, 0.4) is 0 Å². The first kappa shape index (κ1) is 24.4. The second-order valence-corrected chi connectivity index (χ2v) is 10.6. The summed E-state index contributed by atoms with van der Waals surface area (Å²) in [6.45, 7) is 6.06. The third kappa shape index (κ3) is 4.96. The molecule has 0 bridgehead atoms. The van der Waals surface area contributed by atoms with Gasteiger partial charge in [-0.1, -0.05) is 20.8 Å². The normalized spacial score (nSPS) is 11.8. The molecule has 0 fully saturated rings. The van der Waals surface area contributed by atoms with Crippen molar-refractivity contribution in [2.24, 2.45) is 5.41 Å². The van der Waals surface area contributed by atoms with E-state index in [0.717, 1.165) is 27.6 Å². The number of anilines is 1. The van der Waals surface area contributed by atoms with Crippen molar-refractivity contribution in [3.63, 3.8) is 0 Å². The minimum atomic E-state index is -0.312. The van der Waals surface area contributed by atoms with Gasteiger partial charge in [-0.05, 0) is 47.9 Å². The van der Waals surface area contributed by atoms with E-state index in [9.17, 15) is 9.18 Å². The third-order valence-electron chi connectivity index (χ3n) is 6.21. The van der Waals surface area contributed by atoms with Gasteiger partial charge in [-0.25, -0.2) is 14.4 Å². The summed E-state index contributed by atoms with van der Waals surface area (Å²) in [6.07, 6.45) is 7.17. The molecule has 1 amide bonds. The fourth-order valence-corrected chi connectivity index (χ4v) is 4.46. The summed E-state index contributed by atoms with van der Waals surface area (Å²) in [7, 11) is 0. The zero-order chi connectivity index (χ0) is 27.1. The Labute approximate surface area is 223 Å².